The van der Waals surface area contributed by atoms with Crippen LogP contribution in [0.1, 0.15) is 30.9 Å². The molecule has 0 saturated carbocycles. The van der Waals surface area contributed by atoms with Crippen molar-refractivity contribution in [2.75, 3.05) is 13.2 Å². The second kappa shape index (κ2) is 5.71. The summed E-state index contributed by atoms with van der Waals surface area (Å²) < 4.78 is 5.53. The van der Waals surface area contributed by atoms with Gasteiger partial charge >= 0.3 is 0 Å². The van der Waals surface area contributed by atoms with E-state index < -0.39 is 0 Å². The first-order valence-electron chi connectivity index (χ1n) is 5.90. The Labute approximate surface area is 97.3 Å². The van der Waals surface area contributed by atoms with Crippen molar-refractivity contribution in [2.45, 2.75) is 25.3 Å². The molecule has 1 aliphatic heterocycles. The number of nitrogens with zero attached hydrogens (tertiary/aromatic N) is 1. The van der Waals surface area contributed by atoms with Crippen LogP contribution in [0.25, 0.3) is 0 Å². The van der Waals surface area contributed by atoms with Gasteiger partial charge in [-0.3, -0.25) is 0 Å². The number of hydrogen-bond donors (Lipinski definition) is 0. The molecule has 0 spiro atoms. The third kappa shape index (κ3) is 2.86. The Balaban J connectivity index is 2.05. The van der Waals surface area contributed by atoms with Crippen LogP contribution in [0.3, 0.4) is 0 Å². The van der Waals surface area contributed by atoms with Crippen LogP contribution >= 0.6 is 0 Å². The third-order valence-corrected chi connectivity index (χ3v) is 2.85. The molecule has 1 aromatic carbocycles. The first-order chi connectivity index (χ1) is 7.90. The summed E-state index contributed by atoms with van der Waals surface area (Å²) in [5, 5.41) is 4.65. The lowest BCUT2D eigenvalue weighted by molar-refractivity contribution is 0.359. The van der Waals surface area contributed by atoms with E-state index in [4.69, 9.17) is 4.74 Å². The Morgan fingerprint density at radius 1 is 1.44 bits per heavy atom. The minimum atomic E-state index is 0.376. The van der Waals surface area contributed by atoms with E-state index >= 15 is 0 Å². The second-order valence-corrected chi connectivity index (χ2v) is 4.09. The topological polar surface area (TPSA) is 23.3 Å². The molecule has 0 bridgehead atoms. The Kier molecular flexibility index (Phi) is 4.00. The second-order valence-electron chi connectivity index (χ2n) is 4.09. The van der Waals surface area contributed by atoms with Crippen LogP contribution in [0, 0.1) is 0 Å². The molecule has 0 aliphatic carbocycles. The molecule has 1 unspecified atom stereocenters. The van der Waals surface area contributed by atoms with E-state index in [9.17, 15) is 0 Å². The fourth-order valence-corrected chi connectivity index (χ4v) is 2.03. The van der Waals surface area contributed by atoms with Crippen LogP contribution in [0.2, 0.25) is 0 Å². The highest BCUT2D eigenvalue weighted by atomic mass is 16.5. The van der Waals surface area contributed by atoms with Gasteiger partial charge in [0.15, 0.2) is 0 Å². The minimum absolute atomic E-state index is 0.376. The molecule has 1 atom stereocenters. The Morgan fingerprint density at radius 3 is 3.12 bits per heavy atom. The molecule has 2 heteroatoms. The predicted octanol–water partition coefficient (Wildman–Crippen LogP) is 3.08. The highest BCUT2D eigenvalue weighted by Gasteiger charge is 2.16. The van der Waals surface area contributed by atoms with Gasteiger partial charge in [-0.1, -0.05) is 31.2 Å². The van der Waals surface area contributed by atoms with Crippen molar-refractivity contribution < 1.29 is 4.74 Å². The molecular formula is C14H18NO. The van der Waals surface area contributed by atoms with Gasteiger partial charge in [0.05, 0.1) is 0 Å². The zero-order chi connectivity index (χ0) is 11.2. The largest absolute Gasteiger partial charge is 0.490 e. The van der Waals surface area contributed by atoms with E-state index in [1.54, 1.807) is 6.08 Å². The number of hydrogen-bond acceptors (Lipinski definition) is 1. The monoisotopic (exact) mass is 216 g/mol. The molecule has 0 amide bonds. The lowest BCUT2D eigenvalue weighted by Crippen LogP contribution is -2.20. The smallest absolute Gasteiger partial charge is 0.120 e. The molecule has 2 nitrogen and oxygen atoms in total. The maximum Gasteiger partial charge on any atom is 0.120 e. The number of piperidine rings is 1. The van der Waals surface area contributed by atoms with E-state index in [1.807, 2.05) is 12.1 Å². The Morgan fingerprint density at radius 2 is 2.38 bits per heavy atom. The van der Waals surface area contributed by atoms with Gasteiger partial charge < -0.3 is 4.74 Å². The molecule has 1 aromatic rings. The molecular weight excluding hydrogens is 198 g/mol. The van der Waals surface area contributed by atoms with Crippen LogP contribution in [-0.4, -0.2) is 13.2 Å². The normalized spacial score (nSPS) is 20.4. The van der Waals surface area contributed by atoms with Crippen LogP contribution in [0.15, 0.2) is 36.9 Å². The predicted molar refractivity (Wildman–Crippen MR) is 65.7 cm³/mol. The summed E-state index contributed by atoms with van der Waals surface area (Å²) in [6.45, 7) is 5.21. The van der Waals surface area contributed by atoms with Crippen LogP contribution in [-0.2, 0) is 0 Å². The highest BCUT2D eigenvalue weighted by molar-refractivity contribution is 5.30. The maximum absolute atomic E-state index is 5.53. The van der Waals surface area contributed by atoms with Gasteiger partial charge in [-0.15, -0.1) is 0 Å². The van der Waals surface area contributed by atoms with Crippen LogP contribution in [0.4, 0.5) is 0 Å². The van der Waals surface area contributed by atoms with Crippen molar-refractivity contribution in [3.8, 4) is 5.75 Å². The molecule has 1 radical (unpaired) electrons. The number of rotatable bonds is 4. The number of ether oxygens (including phenoxy) is 1. The summed E-state index contributed by atoms with van der Waals surface area (Å²) in [5.74, 6) is 0.915. The average molecular weight is 216 g/mol. The standard InChI is InChI=1S/C14H18NO/c1-2-10-16-13-7-5-6-12(11-13)14-8-3-4-9-15-14/h2,5-7,11,14H,1,3-4,8-10H2. The minimum Gasteiger partial charge on any atom is -0.490 e. The van der Waals surface area contributed by atoms with Crippen molar-refractivity contribution in [3.63, 3.8) is 0 Å². The summed E-state index contributed by atoms with van der Waals surface area (Å²) in [5.41, 5.74) is 1.28. The van der Waals surface area contributed by atoms with Crippen LogP contribution in [0.5, 0.6) is 5.75 Å². The first-order valence-corrected chi connectivity index (χ1v) is 5.90. The van der Waals surface area contributed by atoms with Gasteiger partial charge in [0.1, 0.15) is 12.4 Å². The average Bonchev–Trinajstić information content (AvgIpc) is 2.38. The van der Waals surface area contributed by atoms with Crippen LogP contribution < -0.4 is 10.1 Å². The molecule has 2 rings (SSSR count). The summed E-state index contributed by atoms with van der Waals surface area (Å²) in [7, 11) is 0. The molecule has 1 aliphatic rings. The highest BCUT2D eigenvalue weighted by Crippen LogP contribution is 2.26. The summed E-state index contributed by atoms with van der Waals surface area (Å²) >= 11 is 0. The Hall–Kier alpha value is -1.28. The van der Waals surface area contributed by atoms with Crippen molar-refractivity contribution in [2.24, 2.45) is 0 Å². The molecule has 0 N–H and O–H groups in total. The van der Waals surface area contributed by atoms with Gasteiger partial charge in [0.2, 0.25) is 0 Å². The molecule has 16 heavy (non-hydrogen) atoms. The fourth-order valence-electron chi connectivity index (χ4n) is 2.03. The van der Waals surface area contributed by atoms with Gasteiger partial charge in [-0.2, -0.15) is 0 Å². The lowest BCUT2D eigenvalue weighted by atomic mass is 9.97. The molecule has 85 valence electrons. The molecule has 0 aromatic heterocycles. The number of benzene rings is 1. The first kappa shape index (κ1) is 11.2. The van der Waals surface area contributed by atoms with E-state index in [1.165, 1.54) is 24.8 Å². The zero-order valence-corrected chi connectivity index (χ0v) is 9.56. The van der Waals surface area contributed by atoms with Gasteiger partial charge in [0, 0.05) is 12.6 Å². The van der Waals surface area contributed by atoms with E-state index in [0.29, 0.717) is 12.6 Å². The van der Waals surface area contributed by atoms with E-state index in [0.717, 1.165) is 12.3 Å². The lowest BCUT2D eigenvalue weighted by Gasteiger charge is -2.22. The van der Waals surface area contributed by atoms with E-state index in [-0.39, 0.29) is 0 Å². The van der Waals surface area contributed by atoms with Gasteiger partial charge in [-0.05, 0) is 30.5 Å². The third-order valence-electron chi connectivity index (χ3n) is 2.85. The fraction of sp³-hybridized carbons (Fsp3) is 0.429. The van der Waals surface area contributed by atoms with Gasteiger partial charge in [-0.25, -0.2) is 5.32 Å². The molecule has 1 fully saturated rings. The summed E-state index contributed by atoms with van der Waals surface area (Å²) in [4.78, 5) is 0. The van der Waals surface area contributed by atoms with Gasteiger partial charge in [0.25, 0.3) is 0 Å². The molecule has 1 heterocycles. The van der Waals surface area contributed by atoms with Crippen molar-refractivity contribution in [1.29, 1.82) is 0 Å². The zero-order valence-electron chi connectivity index (χ0n) is 9.56. The summed E-state index contributed by atoms with van der Waals surface area (Å²) in [6.07, 6.45) is 5.46. The SMILES string of the molecule is C=CCOc1cccc(C2CCCC[N]2)c1. The Bertz CT molecular complexity index is 342. The maximum atomic E-state index is 5.53. The summed E-state index contributed by atoms with van der Waals surface area (Å²) in [6, 6.07) is 8.64. The molecule has 1 saturated heterocycles. The van der Waals surface area contributed by atoms with Crippen molar-refractivity contribution in [1.82, 2.24) is 5.32 Å². The quantitative estimate of drug-likeness (QED) is 0.709. The van der Waals surface area contributed by atoms with Crippen molar-refractivity contribution in [3.05, 3.63) is 42.5 Å². The van der Waals surface area contributed by atoms with E-state index in [2.05, 4.69) is 24.0 Å². The van der Waals surface area contributed by atoms with Crippen molar-refractivity contribution >= 4 is 0 Å².